The molecule has 0 aliphatic carbocycles. The van der Waals surface area contributed by atoms with Crippen LogP contribution in [0.25, 0.3) is 0 Å². The van der Waals surface area contributed by atoms with E-state index in [0.29, 0.717) is 11.5 Å². The molecule has 1 aromatic carbocycles. The van der Waals surface area contributed by atoms with Crippen LogP contribution in [0.4, 0.5) is 4.39 Å². The molecule has 0 heterocycles. The van der Waals surface area contributed by atoms with Gasteiger partial charge in [-0.05, 0) is 0 Å². The zero-order valence-corrected chi connectivity index (χ0v) is 7.50. The molecule has 0 spiro atoms. The van der Waals surface area contributed by atoms with Gasteiger partial charge in [0.15, 0.2) is 0 Å². The monoisotopic (exact) mass is 179 g/mol. The minimum absolute atomic E-state index is 0.289. The van der Waals surface area contributed by atoms with Gasteiger partial charge in [-0.1, -0.05) is 0 Å². The van der Waals surface area contributed by atoms with E-state index in [4.69, 9.17) is 17.0 Å². The predicted octanol–water partition coefficient (Wildman–Crippen LogP) is 1.16. The molecule has 0 saturated heterocycles. The van der Waals surface area contributed by atoms with Gasteiger partial charge in [0.1, 0.15) is 0 Å². The summed E-state index contributed by atoms with van der Waals surface area (Å²) in [4.78, 5) is 0. The molecule has 1 aromatic rings. The van der Waals surface area contributed by atoms with Crippen molar-refractivity contribution in [2.75, 3.05) is 14.2 Å². The summed E-state index contributed by atoms with van der Waals surface area (Å²) in [5.74, 6) is 1.56. The molecule has 67 valence electrons. The molecule has 0 saturated carbocycles. The topological polar surface area (TPSA) is 18.5 Å². The Balaban J connectivity index is 3.26. The van der Waals surface area contributed by atoms with Gasteiger partial charge in [-0.3, -0.25) is 0 Å². The maximum atomic E-state index is 13.1. The second-order valence-electron chi connectivity index (χ2n) is 2.40. The summed E-state index contributed by atoms with van der Waals surface area (Å²) in [6.45, 7) is 0. The number of methoxy groups -OCH3 is 2. The van der Waals surface area contributed by atoms with E-state index in [1.54, 1.807) is 0 Å². The average Bonchev–Trinajstić information content (AvgIpc) is 2.17. The Morgan fingerprint density at radius 2 is 1.77 bits per heavy atom. The Hall–Kier alpha value is -1.32. The van der Waals surface area contributed by atoms with Crippen molar-refractivity contribution in [3.05, 3.63) is 23.5 Å². The minimum atomic E-state index is -0.430. The summed E-state index contributed by atoms with van der Waals surface area (Å²) in [6.07, 6.45) is 0. The molecule has 0 aromatic heterocycles. The molecule has 0 aliphatic heterocycles. The van der Waals surface area contributed by atoms with Crippen molar-refractivity contribution in [1.82, 2.24) is 0 Å². The number of benzene rings is 1. The van der Waals surface area contributed by atoms with Gasteiger partial charge in [-0.25, -0.2) is 0 Å². The molecule has 1 radical (unpaired) electrons. The van der Waals surface area contributed by atoms with Crippen molar-refractivity contribution in [3.8, 4) is 11.5 Å². The van der Waals surface area contributed by atoms with Gasteiger partial charge < -0.3 is 0 Å². The number of hydrogen-bond acceptors (Lipinski definition) is 2. The van der Waals surface area contributed by atoms with Gasteiger partial charge in [0, 0.05) is 0 Å². The van der Waals surface area contributed by atoms with Crippen molar-refractivity contribution >= 4 is 13.5 Å². The molecule has 0 N–H and O–H groups in total. The van der Waals surface area contributed by atoms with Crippen LogP contribution in [0.5, 0.6) is 11.5 Å². The van der Waals surface area contributed by atoms with E-state index in [-0.39, 0.29) is 5.56 Å². The summed E-state index contributed by atoms with van der Waals surface area (Å²) < 4.78 is 23.0. The molecule has 13 heavy (non-hydrogen) atoms. The van der Waals surface area contributed by atoms with Gasteiger partial charge in [0.25, 0.3) is 0 Å². The van der Waals surface area contributed by atoms with Gasteiger partial charge in [0.2, 0.25) is 0 Å². The fraction of sp³-hybridized carbons (Fsp3) is 0.222. The van der Waals surface area contributed by atoms with E-state index in [2.05, 4.69) is 0 Å². The van der Waals surface area contributed by atoms with Crippen molar-refractivity contribution in [2.45, 2.75) is 0 Å². The first kappa shape index (κ1) is 9.77. The normalized spacial score (nSPS) is 9.38. The van der Waals surface area contributed by atoms with E-state index in [0.717, 1.165) is 0 Å². The van der Waals surface area contributed by atoms with Crippen LogP contribution in [0.1, 0.15) is 5.56 Å². The SMILES string of the molecule is [B]=Cc1cc(OC)c(OC)cc1F. The Kier molecular flexibility index (Phi) is 3.06. The van der Waals surface area contributed by atoms with Crippen LogP contribution in [0.15, 0.2) is 12.1 Å². The second kappa shape index (κ2) is 4.07. The first-order valence-electron chi connectivity index (χ1n) is 3.69. The average molecular weight is 179 g/mol. The fourth-order valence-electron chi connectivity index (χ4n) is 0.998. The Morgan fingerprint density at radius 3 is 2.23 bits per heavy atom. The van der Waals surface area contributed by atoms with Crippen LogP contribution < -0.4 is 9.47 Å². The first-order valence-corrected chi connectivity index (χ1v) is 3.69. The molecule has 0 atom stereocenters. The van der Waals surface area contributed by atoms with Crippen molar-refractivity contribution in [3.63, 3.8) is 0 Å². The predicted molar refractivity (Wildman–Crippen MR) is 50.4 cm³/mol. The molecule has 0 bridgehead atoms. The summed E-state index contributed by atoms with van der Waals surface area (Å²) in [6, 6.07) is 2.71. The zero-order chi connectivity index (χ0) is 9.84. The molecule has 1 rings (SSSR count). The molecule has 2 nitrogen and oxygen atoms in total. The van der Waals surface area contributed by atoms with Crippen LogP contribution in [-0.4, -0.2) is 27.7 Å². The van der Waals surface area contributed by atoms with E-state index in [1.165, 1.54) is 32.3 Å². The number of hydrogen-bond donors (Lipinski definition) is 0. The molecule has 0 aliphatic rings. The third kappa shape index (κ3) is 1.88. The van der Waals surface area contributed by atoms with Crippen LogP contribution >= 0.6 is 0 Å². The molecular weight excluding hydrogens is 170 g/mol. The van der Waals surface area contributed by atoms with Crippen LogP contribution in [0.3, 0.4) is 0 Å². The first-order chi connectivity index (χ1) is 6.22. The van der Waals surface area contributed by atoms with Crippen LogP contribution in [-0.2, 0) is 0 Å². The summed E-state index contributed by atoms with van der Waals surface area (Å²) in [5, 5.41) is 0. The Labute approximate surface area is 77.4 Å². The summed E-state index contributed by atoms with van der Waals surface area (Å²) in [7, 11) is 8.13. The zero-order valence-electron chi connectivity index (χ0n) is 7.50. The number of ether oxygens (including phenoxy) is 2. The van der Waals surface area contributed by atoms with E-state index >= 15 is 0 Å². The van der Waals surface area contributed by atoms with Gasteiger partial charge in [-0.2, -0.15) is 0 Å². The fourth-order valence-corrected chi connectivity index (χ4v) is 0.998. The standard InChI is InChI=1S/C9H9BFO2/c1-12-8-3-6(5-10)7(11)4-9(8)13-2/h3-5H,1-2H3. The van der Waals surface area contributed by atoms with E-state index in [1.807, 2.05) is 0 Å². The second-order valence-corrected chi connectivity index (χ2v) is 2.40. The molecule has 0 fully saturated rings. The van der Waals surface area contributed by atoms with E-state index in [9.17, 15) is 4.39 Å². The molecule has 0 amide bonds. The van der Waals surface area contributed by atoms with Crippen molar-refractivity contribution in [2.24, 2.45) is 0 Å². The van der Waals surface area contributed by atoms with Crippen molar-refractivity contribution < 1.29 is 13.9 Å². The number of halogens is 1. The van der Waals surface area contributed by atoms with Crippen LogP contribution in [0.2, 0.25) is 0 Å². The number of rotatable bonds is 3. The third-order valence-corrected chi connectivity index (χ3v) is 1.68. The summed E-state index contributed by atoms with van der Waals surface area (Å²) in [5.41, 5.74) is 0.289. The maximum absolute atomic E-state index is 13.1. The van der Waals surface area contributed by atoms with Crippen molar-refractivity contribution in [1.29, 1.82) is 0 Å². The molecular formula is C9H9BFO2. The Morgan fingerprint density at radius 1 is 1.23 bits per heavy atom. The van der Waals surface area contributed by atoms with E-state index < -0.39 is 5.82 Å². The summed E-state index contributed by atoms with van der Waals surface area (Å²) >= 11 is 0. The third-order valence-electron chi connectivity index (χ3n) is 1.68. The van der Waals surface area contributed by atoms with Crippen LogP contribution in [0, 0.1) is 5.82 Å². The molecule has 0 unspecified atom stereocenters. The Bertz CT molecular complexity index is 326. The van der Waals surface area contributed by atoms with Gasteiger partial charge in [-0.15, -0.1) is 0 Å². The quantitative estimate of drug-likeness (QED) is 0.648. The van der Waals surface area contributed by atoms with Gasteiger partial charge >= 0.3 is 76.6 Å². The molecule has 4 heteroatoms. The van der Waals surface area contributed by atoms with Gasteiger partial charge in [0.05, 0.1) is 0 Å².